The molecule has 1 atom stereocenters. The molecule has 0 spiro atoms. The zero-order chi connectivity index (χ0) is 19.6. The fourth-order valence-corrected chi connectivity index (χ4v) is 2.73. The van der Waals surface area contributed by atoms with Crippen LogP contribution in [0.5, 0.6) is 0 Å². The topological polar surface area (TPSA) is 133 Å². The third-order valence-electron chi connectivity index (χ3n) is 4.45. The summed E-state index contributed by atoms with van der Waals surface area (Å²) in [6, 6.07) is 7.80. The van der Waals surface area contributed by atoms with E-state index in [1.54, 1.807) is 0 Å². The lowest BCUT2D eigenvalue weighted by Gasteiger charge is -2.27. The summed E-state index contributed by atoms with van der Waals surface area (Å²) >= 11 is 0. The Morgan fingerprint density at radius 1 is 1.37 bits per heavy atom. The highest BCUT2D eigenvalue weighted by Gasteiger charge is 2.23. The minimum Gasteiger partial charge on any atom is -0.365 e. The van der Waals surface area contributed by atoms with Gasteiger partial charge in [-0.2, -0.15) is 4.98 Å². The summed E-state index contributed by atoms with van der Waals surface area (Å²) in [5.74, 6) is -1.25. The van der Waals surface area contributed by atoms with E-state index in [1.807, 2.05) is 49.0 Å². The molecule has 1 aromatic carbocycles. The number of nitrogens with zero attached hydrogens (tertiary/aromatic N) is 3. The van der Waals surface area contributed by atoms with Crippen LogP contribution >= 0.6 is 0 Å². The number of rotatable bonds is 7. The lowest BCUT2D eigenvalue weighted by atomic mass is 10.2. The van der Waals surface area contributed by atoms with Gasteiger partial charge in [0, 0.05) is 49.6 Å². The highest BCUT2D eigenvalue weighted by atomic mass is 16.5. The van der Waals surface area contributed by atoms with E-state index in [4.69, 9.17) is 16.2 Å². The smallest absolute Gasteiger partial charge is 0.254 e. The SMILES string of the molecule is CC[C@@](N)(Nc1ncc(C(N)=O)c(Nc2cccc3c2ccn3C)n1)OC. The summed E-state index contributed by atoms with van der Waals surface area (Å²) in [7, 11) is 3.45. The second-order valence-electron chi connectivity index (χ2n) is 6.18. The second-order valence-corrected chi connectivity index (χ2v) is 6.18. The first kappa shape index (κ1) is 18.6. The van der Waals surface area contributed by atoms with E-state index in [0.717, 1.165) is 16.6 Å². The number of hydrogen-bond donors (Lipinski definition) is 4. The molecule has 3 aromatic rings. The van der Waals surface area contributed by atoms with Gasteiger partial charge in [-0.15, -0.1) is 0 Å². The molecule has 0 aliphatic heterocycles. The molecule has 2 heterocycles. The molecule has 0 bridgehead atoms. The molecule has 0 aliphatic carbocycles. The number of methoxy groups -OCH3 is 1. The first-order valence-corrected chi connectivity index (χ1v) is 8.47. The Balaban J connectivity index is 2.02. The number of carbonyl (C=O) groups is 1. The van der Waals surface area contributed by atoms with Crippen molar-refractivity contribution in [2.24, 2.45) is 18.5 Å². The van der Waals surface area contributed by atoms with Crippen molar-refractivity contribution in [2.75, 3.05) is 17.7 Å². The molecule has 0 radical (unpaired) electrons. The molecule has 0 fully saturated rings. The van der Waals surface area contributed by atoms with Gasteiger partial charge in [-0.3, -0.25) is 10.5 Å². The van der Waals surface area contributed by atoms with Crippen LogP contribution in [0.1, 0.15) is 23.7 Å². The number of amides is 1. The van der Waals surface area contributed by atoms with E-state index in [0.29, 0.717) is 6.42 Å². The quantitative estimate of drug-likeness (QED) is 0.467. The lowest BCUT2D eigenvalue weighted by molar-refractivity contribution is 0.0163. The molecule has 3 rings (SSSR count). The average Bonchev–Trinajstić information content (AvgIpc) is 3.04. The molecule has 1 amide bonds. The first-order chi connectivity index (χ1) is 12.9. The number of primary amides is 1. The van der Waals surface area contributed by atoms with Crippen LogP contribution < -0.4 is 22.1 Å². The predicted octanol–water partition coefficient (Wildman–Crippen LogP) is 1.89. The molecular weight excluding hydrogens is 346 g/mol. The van der Waals surface area contributed by atoms with Gasteiger partial charge in [0.25, 0.3) is 5.91 Å². The molecule has 2 aromatic heterocycles. The van der Waals surface area contributed by atoms with Gasteiger partial charge in [0.15, 0.2) is 5.85 Å². The number of aryl methyl sites for hydroxylation is 1. The van der Waals surface area contributed by atoms with Crippen molar-refractivity contribution in [1.29, 1.82) is 0 Å². The Labute approximate surface area is 156 Å². The van der Waals surface area contributed by atoms with Crippen LogP contribution in [0.15, 0.2) is 36.7 Å². The molecule has 27 heavy (non-hydrogen) atoms. The van der Waals surface area contributed by atoms with Gasteiger partial charge in [0.2, 0.25) is 5.95 Å². The zero-order valence-electron chi connectivity index (χ0n) is 15.5. The molecule has 0 saturated heterocycles. The maximum absolute atomic E-state index is 11.8. The molecule has 0 aliphatic rings. The fourth-order valence-electron chi connectivity index (χ4n) is 2.73. The van der Waals surface area contributed by atoms with E-state index >= 15 is 0 Å². The van der Waals surface area contributed by atoms with Gasteiger partial charge in [0.05, 0.1) is 0 Å². The predicted molar refractivity (Wildman–Crippen MR) is 105 cm³/mol. The summed E-state index contributed by atoms with van der Waals surface area (Å²) in [6.07, 6.45) is 3.80. The molecule has 142 valence electrons. The van der Waals surface area contributed by atoms with Gasteiger partial charge in [-0.1, -0.05) is 13.0 Å². The van der Waals surface area contributed by atoms with Crippen LogP contribution in [0.3, 0.4) is 0 Å². The molecule has 9 nitrogen and oxygen atoms in total. The molecule has 0 unspecified atom stereocenters. The number of fused-ring (bicyclic) bond motifs is 1. The minimum absolute atomic E-state index is 0.171. The number of anilines is 3. The first-order valence-electron chi connectivity index (χ1n) is 8.47. The Bertz CT molecular complexity index is 979. The average molecular weight is 369 g/mol. The van der Waals surface area contributed by atoms with Crippen molar-refractivity contribution in [3.05, 3.63) is 42.2 Å². The molecular formula is C18H23N7O2. The number of nitrogens with two attached hydrogens (primary N) is 2. The van der Waals surface area contributed by atoms with E-state index in [2.05, 4.69) is 20.6 Å². The number of benzene rings is 1. The van der Waals surface area contributed by atoms with Crippen molar-refractivity contribution < 1.29 is 9.53 Å². The van der Waals surface area contributed by atoms with Crippen LogP contribution in [-0.2, 0) is 11.8 Å². The highest BCUT2D eigenvalue weighted by Crippen LogP contribution is 2.28. The normalized spacial score (nSPS) is 13.3. The standard InChI is InChI=1S/C18H23N7O2/c1-4-18(20,27-3)24-17-21-10-12(15(19)26)16(23-17)22-13-6-5-7-14-11(13)8-9-25(14)2/h5-10H,4,20H2,1-3H3,(H2,19,26)(H2,21,22,23,24)/t18-/m1/s1. The van der Waals surface area contributed by atoms with E-state index in [1.165, 1.54) is 13.3 Å². The third-order valence-corrected chi connectivity index (χ3v) is 4.45. The zero-order valence-corrected chi connectivity index (χ0v) is 15.5. The maximum atomic E-state index is 11.8. The van der Waals surface area contributed by atoms with E-state index < -0.39 is 11.8 Å². The summed E-state index contributed by atoms with van der Waals surface area (Å²) < 4.78 is 7.26. The summed E-state index contributed by atoms with van der Waals surface area (Å²) in [6.45, 7) is 1.86. The molecule has 6 N–H and O–H groups in total. The second kappa shape index (κ2) is 7.22. The van der Waals surface area contributed by atoms with Crippen molar-refractivity contribution in [3.8, 4) is 0 Å². The number of carbonyl (C=O) groups excluding carboxylic acids is 1. The van der Waals surface area contributed by atoms with Gasteiger partial charge in [0.1, 0.15) is 11.4 Å². The molecule has 9 heteroatoms. The van der Waals surface area contributed by atoms with Crippen LogP contribution in [0.25, 0.3) is 10.9 Å². The Morgan fingerprint density at radius 3 is 2.81 bits per heavy atom. The van der Waals surface area contributed by atoms with Crippen molar-refractivity contribution in [3.63, 3.8) is 0 Å². The Kier molecular flexibility index (Phi) is 4.98. The minimum atomic E-state index is -1.12. The maximum Gasteiger partial charge on any atom is 0.254 e. The number of hydrogen-bond acceptors (Lipinski definition) is 7. The van der Waals surface area contributed by atoms with Crippen molar-refractivity contribution in [2.45, 2.75) is 19.2 Å². The Morgan fingerprint density at radius 2 is 2.15 bits per heavy atom. The van der Waals surface area contributed by atoms with Crippen molar-refractivity contribution >= 4 is 34.3 Å². The van der Waals surface area contributed by atoms with Gasteiger partial charge < -0.3 is 25.7 Å². The number of nitrogens with one attached hydrogen (secondary N) is 2. The number of ether oxygens (including phenoxy) is 1. The van der Waals surface area contributed by atoms with Crippen LogP contribution in [0.4, 0.5) is 17.5 Å². The summed E-state index contributed by atoms with van der Waals surface area (Å²) in [4.78, 5) is 20.3. The van der Waals surface area contributed by atoms with Gasteiger partial charge >= 0.3 is 0 Å². The van der Waals surface area contributed by atoms with Crippen LogP contribution in [0, 0.1) is 0 Å². The Hall–Kier alpha value is -3.17. The lowest BCUT2D eigenvalue weighted by Crippen LogP contribution is -2.49. The third kappa shape index (κ3) is 3.69. The van der Waals surface area contributed by atoms with Crippen LogP contribution in [-0.4, -0.2) is 33.4 Å². The number of aromatic nitrogens is 3. The van der Waals surface area contributed by atoms with E-state index in [-0.39, 0.29) is 17.3 Å². The van der Waals surface area contributed by atoms with Crippen molar-refractivity contribution in [1.82, 2.24) is 14.5 Å². The monoisotopic (exact) mass is 369 g/mol. The summed E-state index contributed by atoms with van der Waals surface area (Å²) in [5, 5.41) is 7.10. The summed E-state index contributed by atoms with van der Waals surface area (Å²) in [5.41, 5.74) is 13.6. The van der Waals surface area contributed by atoms with Crippen LogP contribution in [0.2, 0.25) is 0 Å². The highest BCUT2D eigenvalue weighted by molar-refractivity contribution is 6.00. The molecule has 0 saturated carbocycles. The van der Waals surface area contributed by atoms with Gasteiger partial charge in [-0.05, 0) is 18.2 Å². The largest absolute Gasteiger partial charge is 0.365 e. The van der Waals surface area contributed by atoms with Gasteiger partial charge in [-0.25, -0.2) is 4.98 Å². The van der Waals surface area contributed by atoms with E-state index in [9.17, 15) is 4.79 Å². The fraction of sp³-hybridized carbons (Fsp3) is 0.278.